The molecule has 2 heterocycles. The Morgan fingerprint density at radius 2 is 1.88 bits per heavy atom. The van der Waals surface area contributed by atoms with E-state index in [1.165, 1.54) is 4.31 Å². The fourth-order valence-corrected chi connectivity index (χ4v) is 5.26. The first kappa shape index (κ1) is 25.8. The summed E-state index contributed by atoms with van der Waals surface area (Å²) in [5.74, 6) is 0.767. The van der Waals surface area contributed by atoms with E-state index in [-0.39, 0.29) is 23.4 Å². The number of hydrogen-bond acceptors (Lipinski definition) is 6. The minimum Gasteiger partial charge on any atom is -0.464 e. The second kappa shape index (κ2) is 11.1. The molecule has 0 fully saturated rings. The molecule has 0 unspecified atom stereocenters. The van der Waals surface area contributed by atoms with Gasteiger partial charge in [-0.2, -0.15) is 4.31 Å². The number of hydrogen-bond donors (Lipinski definition) is 1. The normalized spacial score (nSPS) is 13.0. The summed E-state index contributed by atoms with van der Waals surface area (Å²) in [5, 5.41) is 0. The largest absolute Gasteiger partial charge is 0.464 e. The van der Waals surface area contributed by atoms with Crippen LogP contribution in [0.25, 0.3) is 11.0 Å². The molecule has 0 aliphatic rings. The van der Waals surface area contributed by atoms with E-state index in [2.05, 4.69) is 15.0 Å². The van der Waals surface area contributed by atoms with Crippen LogP contribution in [0.4, 0.5) is 0 Å². The molecule has 9 heteroatoms. The lowest BCUT2D eigenvalue weighted by Gasteiger charge is -2.28. The Bertz CT molecular complexity index is 1220. The lowest BCUT2D eigenvalue weighted by molar-refractivity contribution is -0.145. The highest BCUT2D eigenvalue weighted by Gasteiger charge is 2.29. The Morgan fingerprint density at radius 3 is 2.53 bits per heavy atom. The first-order valence-electron chi connectivity index (χ1n) is 11.6. The van der Waals surface area contributed by atoms with Gasteiger partial charge in [-0.25, -0.2) is 13.4 Å². The number of carbonyl (C=O) groups excluding carboxylic acids is 1. The maximum Gasteiger partial charge on any atom is 0.305 e. The molecule has 3 rings (SSSR count). The van der Waals surface area contributed by atoms with Crippen LogP contribution >= 0.6 is 0 Å². The third kappa shape index (κ3) is 6.21. The number of pyridine rings is 1. The van der Waals surface area contributed by atoms with Crippen molar-refractivity contribution in [3.05, 3.63) is 53.6 Å². The van der Waals surface area contributed by atoms with Crippen molar-refractivity contribution in [3.63, 3.8) is 0 Å². The number of carbonyl (C=O) groups is 1. The van der Waals surface area contributed by atoms with Gasteiger partial charge >= 0.3 is 5.97 Å². The van der Waals surface area contributed by atoms with Gasteiger partial charge in [0.05, 0.1) is 22.1 Å². The van der Waals surface area contributed by atoms with Crippen LogP contribution in [0.2, 0.25) is 0 Å². The molecule has 1 aromatic carbocycles. The summed E-state index contributed by atoms with van der Waals surface area (Å²) in [6.45, 7) is 7.89. The molecule has 0 spiro atoms. The van der Waals surface area contributed by atoms with E-state index < -0.39 is 16.1 Å². The molecule has 0 saturated carbocycles. The molecule has 1 atom stereocenters. The number of rotatable bonds is 11. The van der Waals surface area contributed by atoms with Gasteiger partial charge in [-0.15, -0.1) is 0 Å². The average Bonchev–Trinajstić information content (AvgIpc) is 3.18. The lowest BCUT2D eigenvalue weighted by atomic mass is 10.0. The van der Waals surface area contributed by atoms with Crippen LogP contribution in [0.1, 0.15) is 57.1 Å². The van der Waals surface area contributed by atoms with Gasteiger partial charge in [0.15, 0.2) is 0 Å². The van der Waals surface area contributed by atoms with Gasteiger partial charge in [-0.05, 0) is 49.4 Å². The fraction of sp³-hybridized carbons (Fsp3) is 0.480. The number of esters is 1. The Hall–Kier alpha value is -2.78. The Kier molecular flexibility index (Phi) is 8.43. The molecule has 0 aliphatic carbocycles. The molecule has 0 aliphatic heterocycles. The standard InChI is InChI=1S/C25H34N4O4S/c1-6-7-24(30)33-16-20(14-17(2)3)29(5)34(31,32)21-10-8-19(9-11-21)15-23-25-22(12-13-26-23)27-18(4)28-25/h8-13,17,20H,6-7,14-16H2,1-5H3,(H,27,28)/t20-/m0/s1. The summed E-state index contributed by atoms with van der Waals surface area (Å²) in [4.78, 5) is 24.2. The summed E-state index contributed by atoms with van der Waals surface area (Å²) in [5.41, 5.74) is 3.53. The number of nitrogens with zero attached hydrogens (tertiary/aromatic N) is 3. The van der Waals surface area contributed by atoms with E-state index in [0.717, 1.165) is 28.1 Å². The predicted molar refractivity (Wildman–Crippen MR) is 132 cm³/mol. The number of ether oxygens (including phenoxy) is 1. The SMILES string of the molecule is CCCC(=O)OC[C@H](CC(C)C)N(C)S(=O)(=O)c1ccc(Cc2nccc3[nH]c(C)nc23)cc1. The number of sulfonamides is 1. The van der Waals surface area contributed by atoms with Crippen LogP contribution in [-0.2, 0) is 26.0 Å². The Balaban J connectivity index is 1.77. The summed E-state index contributed by atoms with van der Waals surface area (Å²) < 4.78 is 33.4. The van der Waals surface area contributed by atoms with Crippen molar-refractivity contribution in [1.29, 1.82) is 0 Å². The average molecular weight is 487 g/mol. The maximum absolute atomic E-state index is 13.3. The minimum atomic E-state index is -3.76. The molecular formula is C25H34N4O4S. The van der Waals surface area contributed by atoms with Gasteiger partial charge in [-0.3, -0.25) is 9.78 Å². The van der Waals surface area contributed by atoms with Crippen molar-refractivity contribution in [1.82, 2.24) is 19.3 Å². The van der Waals surface area contributed by atoms with Crippen LogP contribution in [-0.4, -0.2) is 53.3 Å². The van der Waals surface area contributed by atoms with E-state index in [0.29, 0.717) is 25.7 Å². The van der Waals surface area contributed by atoms with Gasteiger partial charge in [0.1, 0.15) is 17.9 Å². The smallest absolute Gasteiger partial charge is 0.305 e. The van der Waals surface area contributed by atoms with Crippen molar-refractivity contribution in [2.45, 2.75) is 64.3 Å². The van der Waals surface area contributed by atoms with Gasteiger partial charge in [0.25, 0.3) is 0 Å². The summed E-state index contributed by atoms with van der Waals surface area (Å²) >= 11 is 0. The monoisotopic (exact) mass is 486 g/mol. The fourth-order valence-electron chi connectivity index (χ4n) is 3.91. The third-order valence-electron chi connectivity index (χ3n) is 5.72. The second-order valence-electron chi connectivity index (χ2n) is 9.03. The Morgan fingerprint density at radius 1 is 1.18 bits per heavy atom. The summed E-state index contributed by atoms with van der Waals surface area (Å²) in [6, 6.07) is 8.30. The van der Waals surface area contributed by atoms with Crippen molar-refractivity contribution in [2.75, 3.05) is 13.7 Å². The summed E-state index contributed by atoms with van der Waals surface area (Å²) in [7, 11) is -2.21. The zero-order chi connectivity index (χ0) is 24.9. The molecule has 3 aromatic rings. The number of imidazole rings is 1. The molecule has 0 bridgehead atoms. The van der Waals surface area contributed by atoms with Gasteiger partial charge in [0.2, 0.25) is 10.0 Å². The van der Waals surface area contributed by atoms with Crippen molar-refractivity contribution in [3.8, 4) is 0 Å². The number of fused-ring (bicyclic) bond motifs is 1. The number of benzene rings is 1. The highest BCUT2D eigenvalue weighted by atomic mass is 32.2. The molecular weight excluding hydrogens is 452 g/mol. The molecule has 0 amide bonds. The number of nitrogens with one attached hydrogen (secondary N) is 1. The second-order valence-corrected chi connectivity index (χ2v) is 11.0. The van der Waals surface area contributed by atoms with Crippen LogP contribution in [0, 0.1) is 12.8 Å². The lowest BCUT2D eigenvalue weighted by Crippen LogP contribution is -2.41. The van der Waals surface area contributed by atoms with Crippen molar-refractivity contribution < 1.29 is 17.9 Å². The van der Waals surface area contributed by atoms with Crippen LogP contribution in [0.15, 0.2) is 41.4 Å². The van der Waals surface area contributed by atoms with Crippen LogP contribution in [0.3, 0.4) is 0 Å². The molecule has 0 radical (unpaired) electrons. The Labute approximate surface area is 201 Å². The van der Waals surface area contributed by atoms with Crippen molar-refractivity contribution >= 4 is 27.0 Å². The highest BCUT2D eigenvalue weighted by molar-refractivity contribution is 7.89. The predicted octanol–water partition coefficient (Wildman–Crippen LogP) is 4.24. The quantitative estimate of drug-likeness (QED) is 0.407. The number of aryl methyl sites for hydroxylation is 1. The van der Waals surface area contributed by atoms with E-state index in [1.54, 1.807) is 37.5 Å². The van der Waals surface area contributed by atoms with Crippen LogP contribution in [0.5, 0.6) is 0 Å². The molecule has 8 nitrogen and oxygen atoms in total. The molecule has 34 heavy (non-hydrogen) atoms. The number of aromatic nitrogens is 3. The van der Waals surface area contributed by atoms with Crippen molar-refractivity contribution in [2.24, 2.45) is 5.92 Å². The molecule has 0 saturated heterocycles. The van der Waals surface area contributed by atoms with Gasteiger partial charge < -0.3 is 9.72 Å². The topological polar surface area (TPSA) is 105 Å². The van der Waals surface area contributed by atoms with E-state index in [1.807, 2.05) is 33.8 Å². The van der Waals surface area contributed by atoms with E-state index in [9.17, 15) is 13.2 Å². The number of likely N-dealkylation sites (N-methyl/N-ethyl adjacent to an activating group) is 1. The van der Waals surface area contributed by atoms with E-state index >= 15 is 0 Å². The van der Waals surface area contributed by atoms with Gasteiger partial charge in [0, 0.05) is 26.1 Å². The minimum absolute atomic E-state index is 0.0452. The first-order valence-corrected chi connectivity index (χ1v) is 13.1. The highest BCUT2D eigenvalue weighted by Crippen LogP contribution is 2.23. The maximum atomic E-state index is 13.3. The van der Waals surface area contributed by atoms with E-state index in [4.69, 9.17) is 4.74 Å². The number of H-pyrrole nitrogens is 1. The molecule has 2 aromatic heterocycles. The number of aromatic amines is 1. The molecule has 1 N–H and O–H groups in total. The summed E-state index contributed by atoms with van der Waals surface area (Å²) in [6.07, 6.45) is 3.89. The third-order valence-corrected chi connectivity index (χ3v) is 7.64. The first-order chi connectivity index (χ1) is 16.1. The molecule has 184 valence electrons. The zero-order valence-corrected chi connectivity index (χ0v) is 21.4. The van der Waals surface area contributed by atoms with Gasteiger partial charge in [-0.1, -0.05) is 32.9 Å². The zero-order valence-electron chi connectivity index (χ0n) is 20.5. The van der Waals surface area contributed by atoms with Crippen LogP contribution < -0.4 is 0 Å².